The van der Waals surface area contributed by atoms with Crippen LogP contribution in [0.25, 0.3) is 0 Å². The lowest BCUT2D eigenvalue weighted by molar-refractivity contribution is 0.528. The van der Waals surface area contributed by atoms with Gasteiger partial charge in [0.1, 0.15) is 0 Å². The number of nitrogens with one attached hydrogen (secondary N) is 1. The molecule has 0 saturated heterocycles. The van der Waals surface area contributed by atoms with Gasteiger partial charge in [0.05, 0.1) is 5.69 Å². The summed E-state index contributed by atoms with van der Waals surface area (Å²) in [4.78, 5) is 1.44. The van der Waals surface area contributed by atoms with Gasteiger partial charge in [0.15, 0.2) is 0 Å². The van der Waals surface area contributed by atoms with Crippen molar-refractivity contribution in [3.8, 4) is 0 Å². The van der Waals surface area contributed by atoms with E-state index < -0.39 is 0 Å². The average molecular weight is 273 g/mol. The van der Waals surface area contributed by atoms with E-state index in [-0.39, 0.29) is 0 Å². The van der Waals surface area contributed by atoms with E-state index in [1.54, 1.807) is 0 Å². The molecule has 1 aliphatic rings. The monoisotopic (exact) mass is 273 g/mol. The molecular weight excluding hydrogens is 254 g/mol. The van der Waals surface area contributed by atoms with Crippen LogP contribution in [0.3, 0.4) is 0 Å². The Morgan fingerprint density at radius 3 is 2.95 bits per heavy atom. The molecule has 1 N–H and O–H groups in total. The van der Waals surface area contributed by atoms with Crippen LogP contribution in [0.15, 0.2) is 41.4 Å². The molecule has 0 spiro atoms. The average Bonchev–Trinajstić information content (AvgIpc) is 3.01. The van der Waals surface area contributed by atoms with Gasteiger partial charge >= 0.3 is 0 Å². The maximum absolute atomic E-state index is 4.49. The molecule has 2 aromatic rings. The highest BCUT2D eigenvalue weighted by Gasteiger charge is 2.28. The minimum atomic E-state index is 0.465. The molecule has 0 bridgehead atoms. The second-order valence-corrected chi connectivity index (χ2v) is 6.33. The highest BCUT2D eigenvalue weighted by Crippen LogP contribution is 2.38. The molecule has 2 unspecified atom stereocenters. The molecule has 0 fully saturated rings. The maximum atomic E-state index is 4.49. The first-order valence-electron chi connectivity index (χ1n) is 6.66. The third-order valence-corrected chi connectivity index (χ3v) is 5.14. The maximum Gasteiger partial charge on any atom is 0.0640 e. The Morgan fingerprint density at radius 2 is 2.26 bits per heavy atom. The molecule has 4 heteroatoms. The predicted octanol–water partition coefficient (Wildman–Crippen LogP) is 2.27. The Balaban J connectivity index is 1.71. The van der Waals surface area contributed by atoms with E-state index in [1.807, 2.05) is 29.7 Å². The number of hydrogen-bond donors (Lipinski definition) is 1. The number of rotatable bonds is 4. The van der Waals surface area contributed by atoms with Crippen LogP contribution in [0.4, 0.5) is 0 Å². The lowest BCUT2D eigenvalue weighted by Gasteiger charge is -2.21. The Bertz CT molecular complexity index is 539. The van der Waals surface area contributed by atoms with Crippen LogP contribution in [-0.4, -0.2) is 28.1 Å². The molecule has 0 radical (unpaired) electrons. The summed E-state index contributed by atoms with van der Waals surface area (Å²) in [5.74, 6) is 0. The number of aryl methyl sites for hydroxylation is 1. The van der Waals surface area contributed by atoms with Crippen LogP contribution in [0.1, 0.15) is 11.3 Å². The number of likely N-dealkylation sites (N-methyl/N-ethyl adjacent to an activating group) is 1. The van der Waals surface area contributed by atoms with Crippen molar-refractivity contribution in [3.63, 3.8) is 0 Å². The van der Waals surface area contributed by atoms with E-state index in [9.17, 15) is 0 Å². The summed E-state index contributed by atoms with van der Waals surface area (Å²) in [5.41, 5.74) is 2.65. The smallest absolute Gasteiger partial charge is 0.0640 e. The summed E-state index contributed by atoms with van der Waals surface area (Å²) in [6, 6.07) is 11.3. The molecule has 2 atom stereocenters. The Kier molecular flexibility index (Phi) is 3.62. The first-order valence-corrected chi connectivity index (χ1v) is 7.54. The molecule has 0 amide bonds. The van der Waals surface area contributed by atoms with Crippen LogP contribution in [0.2, 0.25) is 0 Å². The second kappa shape index (κ2) is 5.39. The largest absolute Gasteiger partial charge is 0.315 e. The minimum absolute atomic E-state index is 0.465. The summed E-state index contributed by atoms with van der Waals surface area (Å²) < 4.78 is 1.87. The number of hydrogen-bond acceptors (Lipinski definition) is 3. The van der Waals surface area contributed by atoms with E-state index in [4.69, 9.17) is 0 Å². The van der Waals surface area contributed by atoms with Crippen LogP contribution in [0, 0.1) is 0 Å². The quantitative estimate of drug-likeness (QED) is 0.927. The molecule has 1 aromatic carbocycles. The van der Waals surface area contributed by atoms with Crippen LogP contribution in [0.5, 0.6) is 0 Å². The SMILES string of the molecule is CNC(Cc1ccn(C)n1)C1Cc2ccccc2S1. The zero-order valence-corrected chi connectivity index (χ0v) is 12.2. The summed E-state index contributed by atoms with van der Waals surface area (Å²) in [6.45, 7) is 0. The zero-order valence-electron chi connectivity index (χ0n) is 11.3. The summed E-state index contributed by atoms with van der Waals surface area (Å²) in [6.07, 6.45) is 4.15. The van der Waals surface area contributed by atoms with Crippen molar-refractivity contribution < 1.29 is 0 Å². The third kappa shape index (κ3) is 2.69. The highest BCUT2D eigenvalue weighted by molar-refractivity contribution is 8.00. The number of fused-ring (bicyclic) bond motifs is 1. The number of benzene rings is 1. The second-order valence-electron chi connectivity index (χ2n) is 5.05. The normalized spacial score (nSPS) is 19.4. The van der Waals surface area contributed by atoms with Crippen molar-refractivity contribution in [2.24, 2.45) is 7.05 Å². The van der Waals surface area contributed by atoms with Gasteiger partial charge in [0.25, 0.3) is 0 Å². The Hall–Kier alpha value is -1.26. The minimum Gasteiger partial charge on any atom is -0.315 e. The Labute approximate surface area is 118 Å². The summed E-state index contributed by atoms with van der Waals surface area (Å²) >= 11 is 2.00. The van der Waals surface area contributed by atoms with E-state index in [0.717, 1.165) is 12.8 Å². The van der Waals surface area contributed by atoms with Crippen molar-refractivity contribution >= 4 is 11.8 Å². The lowest BCUT2D eigenvalue weighted by atomic mass is 10.0. The van der Waals surface area contributed by atoms with Crippen molar-refractivity contribution in [2.45, 2.75) is 29.0 Å². The van der Waals surface area contributed by atoms with E-state index in [2.05, 4.69) is 47.8 Å². The van der Waals surface area contributed by atoms with Crippen LogP contribution >= 0.6 is 11.8 Å². The fourth-order valence-electron chi connectivity index (χ4n) is 2.65. The van der Waals surface area contributed by atoms with Gasteiger partial charge < -0.3 is 5.32 Å². The standard InChI is InChI=1S/C15H19N3S/c1-16-13(10-12-7-8-18(2)17-12)15-9-11-5-3-4-6-14(11)19-15/h3-8,13,15-16H,9-10H2,1-2H3. The van der Waals surface area contributed by atoms with Gasteiger partial charge in [-0.2, -0.15) is 5.10 Å². The van der Waals surface area contributed by atoms with Crippen LogP contribution in [-0.2, 0) is 19.9 Å². The van der Waals surface area contributed by atoms with Gasteiger partial charge in [-0.05, 0) is 31.2 Å². The van der Waals surface area contributed by atoms with Gasteiger partial charge in [-0.15, -0.1) is 11.8 Å². The number of aromatic nitrogens is 2. The zero-order chi connectivity index (χ0) is 13.2. The van der Waals surface area contributed by atoms with E-state index in [0.29, 0.717) is 11.3 Å². The fourth-order valence-corrected chi connectivity index (χ4v) is 4.10. The van der Waals surface area contributed by atoms with Crippen LogP contribution < -0.4 is 5.32 Å². The van der Waals surface area contributed by atoms with Gasteiger partial charge in [-0.3, -0.25) is 4.68 Å². The van der Waals surface area contributed by atoms with Crippen molar-refractivity contribution in [3.05, 3.63) is 47.8 Å². The summed E-state index contributed by atoms with van der Waals surface area (Å²) in [7, 11) is 4.02. The first kappa shape index (κ1) is 12.8. The molecule has 100 valence electrons. The molecule has 0 aliphatic carbocycles. The predicted molar refractivity (Wildman–Crippen MR) is 79.6 cm³/mol. The van der Waals surface area contributed by atoms with Gasteiger partial charge in [-0.1, -0.05) is 18.2 Å². The molecule has 1 aromatic heterocycles. The summed E-state index contributed by atoms with van der Waals surface area (Å²) in [5, 5.41) is 8.55. The molecule has 19 heavy (non-hydrogen) atoms. The molecular formula is C15H19N3S. The van der Waals surface area contributed by atoms with E-state index >= 15 is 0 Å². The van der Waals surface area contributed by atoms with Crippen molar-refractivity contribution in [2.75, 3.05) is 7.05 Å². The molecule has 3 nitrogen and oxygen atoms in total. The lowest BCUT2D eigenvalue weighted by Crippen LogP contribution is -2.37. The topological polar surface area (TPSA) is 29.9 Å². The third-order valence-electron chi connectivity index (χ3n) is 3.69. The van der Waals surface area contributed by atoms with Crippen molar-refractivity contribution in [1.29, 1.82) is 0 Å². The molecule has 3 rings (SSSR count). The highest BCUT2D eigenvalue weighted by atomic mass is 32.2. The van der Waals surface area contributed by atoms with Gasteiger partial charge in [0, 0.05) is 35.9 Å². The molecule has 2 heterocycles. The van der Waals surface area contributed by atoms with Gasteiger partial charge in [-0.25, -0.2) is 0 Å². The molecule has 0 saturated carbocycles. The van der Waals surface area contributed by atoms with E-state index in [1.165, 1.54) is 16.2 Å². The molecule has 1 aliphatic heterocycles. The number of thioether (sulfide) groups is 1. The van der Waals surface area contributed by atoms with Crippen molar-refractivity contribution in [1.82, 2.24) is 15.1 Å². The number of nitrogens with zero attached hydrogens (tertiary/aromatic N) is 2. The fraction of sp³-hybridized carbons (Fsp3) is 0.400. The Morgan fingerprint density at radius 1 is 1.42 bits per heavy atom. The van der Waals surface area contributed by atoms with Gasteiger partial charge in [0.2, 0.25) is 0 Å². The first-order chi connectivity index (χ1) is 9.26.